The molecule has 108 valence electrons. The molecule has 1 unspecified atom stereocenters. The minimum Gasteiger partial charge on any atom is -0.370 e. The lowest BCUT2D eigenvalue weighted by atomic mass is 10.1. The van der Waals surface area contributed by atoms with Crippen LogP contribution < -0.4 is 15.5 Å². The van der Waals surface area contributed by atoms with E-state index in [9.17, 15) is 4.79 Å². The fourth-order valence-corrected chi connectivity index (χ4v) is 2.64. The molecule has 3 rings (SSSR count). The molecule has 0 saturated carbocycles. The summed E-state index contributed by atoms with van der Waals surface area (Å²) in [6.45, 7) is 0.783. The summed E-state index contributed by atoms with van der Waals surface area (Å²) in [6, 6.07) is 9.42. The van der Waals surface area contributed by atoms with Gasteiger partial charge in [0, 0.05) is 44.3 Å². The van der Waals surface area contributed by atoms with E-state index < -0.39 is 6.04 Å². The zero-order valence-electron chi connectivity index (χ0n) is 12.2. The van der Waals surface area contributed by atoms with E-state index in [2.05, 4.69) is 9.88 Å². The molecule has 2 heterocycles. The van der Waals surface area contributed by atoms with Gasteiger partial charge in [-0.3, -0.25) is 9.78 Å². The molecule has 0 radical (unpaired) electrons. The lowest BCUT2D eigenvalue weighted by Gasteiger charge is -2.21. The van der Waals surface area contributed by atoms with E-state index in [4.69, 9.17) is 5.73 Å². The van der Waals surface area contributed by atoms with Crippen LogP contribution in [0, 0.1) is 0 Å². The van der Waals surface area contributed by atoms with Crippen molar-refractivity contribution in [2.24, 2.45) is 5.73 Å². The van der Waals surface area contributed by atoms with Gasteiger partial charge >= 0.3 is 0 Å². The monoisotopic (exact) mass is 282 g/mol. The van der Waals surface area contributed by atoms with Crippen molar-refractivity contribution < 1.29 is 4.79 Å². The van der Waals surface area contributed by atoms with E-state index in [0.29, 0.717) is 0 Å². The summed E-state index contributed by atoms with van der Waals surface area (Å²) in [5.74, 6) is -0.0565. The average Bonchev–Trinajstić information content (AvgIpc) is 2.73. The molecule has 5 heteroatoms. The highest BCUT2D eigenvalue weighted by molar-refractivity contribution is 6.04. The zero-order valence-corrected chi connectivity index (χ0v) is 12.2. The minimum absolute atomic E-state index is 0.0565. The van der Waals surface area contributed by atoms with Gasteiger partial charge in [0.1, 0.15) is 6.04 Å². The van der Waals surface area contributed by atoms with Crippen LogP contribution in [0.2, 0.25) is 0 Å². The first-order chi connectivity index (χ1) is 10.1. The number of hydrogen-bond acceptors (Lipinski definition) is 4. The number of benzene rings is 1. The lowest BCUT2D eigenvalue weighted by molar-refractivity contribution is -0.118. The molecule has 0 bridgehead atoms. The van der Waals surface area contributed by atoms with Crippen LogP contribution in [0.1, 0.15) is 17.2 Å². The summed E-state index contributed by atoms with van der Waals surface area (Å²) >= 11 is 0. The molecule has 0 aliphatic carbocycles. The molecule has 2 aromatic rings. The molecule has 1 atom stereocenters. The van der Waals surface area contributed by atoms with Crippen LogP contribution in [-0.4, -0.2) is 25.0 Å². The van der Waals surface area contributed by atoms with Crippen LogP contribution in [0.5, 0.6) is 0 Å². The normalized spacial score (nSPS) is 17.0. The second kappa shape index (κ2) is 5.18. The number of pyridine rings is 1. The highest BCUT2D eigenvalue weighted by Gasteiger charge is 2.32. The van der Waals surface area contributed by atoms with Crippen LogP contribution >= 0.6 is 0 Å². The Bertz CT molecular complexity index is 671. The second-order valence-corrected chi connectivity index (χ2v) is 5.33. The van der Waals surface area contributed by atoms with Gasteiger partial charge in [-0.2, -0.15) is 0 Å². The molecular formula is C16H18N4O. The summed E-state index contributed by atoms with van der Waals surface area (Å²) < 4.78 is 0. The highest BCUT2D eigenvalue weighted by Crippen LogP contribution is 2.36. The van der Waals surface area contributed by atoms with Gasteiger partial charge in [0.15, 0.2) is 0 Å². The van der Waals surface area contributed by atoms with Gasteiger partial charge in [0.05, 0.1) is 5.69 Å². The molecule has 0 saturated heterocycles. The summed E-state index contributed by atoms with van der Waals surface area (Å²) in [5, 5.41) is 0. The number of rotatable bonds is 3. The molecule has 1 aromatic carbocycles. The molecule has 0 fully saturated rings. The van der Waals surface area contributed by atoms with Gasteiger partial charge < -0.3 is 15.5 Å². The van der Waals surface area contributed by atoms with E-state index in [1.54, 1.807) is 24.3 Å². The zero-order chi connectivity index (χ0) is 15.0. The maximum Gasteiger partial charge on any atom is 0.248 e. The van der Waals surface area contributed by atoms with E-state index in [1.807, 2.05) is 37.4 Å². The fraction of sp³-hybridized carbons (Fsp3) is 0.250. The standard InChI is InChI=1S/C16H18N4O/c1-19(10-11-5-7-18-8-6-11)12-3-4-13-14(9-12)20(2)16(21)15(13)17/h3-9,15H,10,17H2,1-2H3. The summed E-state index contributed by atoms with van der Waals surface area (Å²) in [6.07, 6.45) is 3.58. The SMILES string of the molecule is CN(Cc1ccncc1)c1ccc2c(c1)N(C)C(=O)C2N. The van der Waals surface area contributed by atoms with Crippen molar-refractivity contribution in [1.29, 1.82) is 0 Å². The Labute approximate surface area is 124 Å². The van der Waals surface area contributed by atoms with E-state index >= 15 is 0 Å². The quantitative estimate of drug-likeness (QED) is 0.930. The number of nitrogens with two attached hydrogens (primary N) is 1. The van der Waals surface area contributed by atoms with E-state index in [0.717, 1.165) is 23.5 Å². The van der Waals surface area contributed by atoms with Crippen LogP contribution in [0.3, 0.4) is 0 Å². The fourth-order valence-electron chi connectivity index (χ4n) is 2.64. The third-order valence-electron chi connectivity index (χ3n) is 3.92. The Kier molecular flexibility index (Phi) is 3.35. The first-order valence-electron chi connectivity index (χ1n) is 6.85. The molecular weight excluding hydrogens is 264 g/mol. The summed E-state index contributed by atoms with van der Waals surface area (Å²) in [5.41, 5.74) is 9.95. The highest BCUT2D eigenvalue weighted by atomic mass is 16.2. The van der Waals surface area contributed by atoms with Gasteiger partial charge in [-0.05, 0) is 29.8 Å². The van der Waals surface area contributed by atoms with Crippen molar-refractivity contribution in [2.45, 2.75) is 12.6 Å². The van der Waals surface area contributed by atoms with Crippen molar-refractivity contribution >= 4 is 17.3 Å². The van der Waals surface area contributed by atoms with Gasteiger partial charge in [-0.1, -0.05) is 6.07 Å². The predicted octanol–water partition coefficient (Wildman–Crippen LogP) is 1.69. The number of carbonyl (C=O) groups excluding carboxylic acids is 1. The van der Waals surface area contributed by atoms with Crippen molar-refractivity contribution in [3.05, 3.63) is 53.9 Å². The van der Waals surface area contributed by atoms with Crippen molar-refractivity contribution in [2.75, 3.05) is 23.9 Å². The number of hydrogen-bond donors (Lipinski definition) is 1. The third-order valence-corrected chi connectivity index (χ3v) is 3.92. The third kappa shape index (κ3) is 2.36. The number of fused-ring (bicyclic) bond motifs is 1. The first kappa shape index (κ1) is 13.6. The first-order valence-corrected chi connectivity index (χ1v) is 6.85. The Morgan fingerprint density at radius 3 is 2.71 bits per heavy atom. The minimum atomic E-state index is -0.537. The molecule has 1 aliphatic heterocycles. The molecule has 2 N–H and O–H groups in total. The van der Waals surface area contributed by atoms with Gasteiger partial charge in [-0.25, -0.2) is 0 Å². The molecule has 5 nitrogen and oxygen atoms in total. The van der Waals surface area contributed by atoms with Crippen LogP contribution in [-0.2, 0) is 11.3 Å². The van der Waals surface area contributed by atoms with Crippen LogP contribution in [0.15, 0.2) is 42.7 Å². The van der Waals surface area contributed by atoms with Crippen molar-refractivity contribution in [3.8, 4) is 0 Å². The van der Waals surface area contributed by atoms with Crippen LogP contribution in [0.4, 0.5) is 11.4 Å². The maximum absolute atomic E-state index is 11.9. The molecule has 0 spiro atoms. The maximum atomic E-state index is 11.9. The van der Waals surface area contributed by atoms with Crippen LogP contribution in [0.25, 0.3) is 0 Å². The van der Waals surface area contributed by atoms with Gasteiger partial charge in [0.25, 0.3) is 0 Å². The van der Waals surface area contributed by atoms with E-state index in [-0.39, 0.29) is 5.91 Å². The predicted molar refractivity (Wildman–Crippen MR) is 83.1 cm³/mol. The summed E-state index contributed by atoms with van der Waals surface area (Å²) in [4.78, 5) is 19.7. The number of carbonyl (C=O) groups is 1. The molecule has 1 aromatic heterocycles. The van der Waals surface area contributed by atoms with Crippen molar-refractivity contribution in [1.82, 2.24) is 4.98 Å². The number of amides is 1. The largest absolute Gasteiger partial charge is 0.370 e. The summed E-state index contributed by atoms with van der Waals surface area (Å²) in [7, 11) is 3.79. The Hall–Kier alpha value is -2.40. The molecule has 1 amide bonds. The molecule has 1 aliphatic rings. The number of aromatic nitrogens is 1. The smallest absolute Gasteiger partial charge is 0.248 e. The topological polar surface area (TPSA) is 62.5 Å². The number of likely N-dealkylation sites (N-methyl/N-ethyl adjacent to an activating group) is 1. The number of nitrogens with zero attached hydrogens (tertiary/aromatic N) is 3. The Morgan fingerprint density at radius 1 is 1.29 bits per heavy atom. The van der Waals surface area contributed by atoms with E-state index in [1.165, 1.54) is 5.56 Å². The van der Waals surface area contributed by atoms with Crippen molar-refractivity contribution in [3.63, 3.8) is 0 Å². The lowest BCUT2D eigenvalue weighted by Crippen LogP contribution is -2.27. The van der Waals surface area contributed by atoms with Gasteiger partial charge in [0.2, 0.25) is 5.91 Å². The average molecular weight is 282 g/mol. The molecule has 21 heavy (non-hydrogen) atoms. The second-order valence-electron chi connectivity index (χ2n) is 5.33. The Balaban J connectivity index is 1.86. The Morgan fingerprint density at radius 2 is 2.00 bits per heavy atom. The number of anilines is 2. The van der Waals surface area contributed by atoms with Gasteiger partial charge in [-0.15, -0.1) is 0 Å².